The summed E-state index contributed by atoms with van der Waals surface area (Å²) in [6, 6.07) is 24.6. The molecule has 0 heterocycles. The zero-order valence-electron chi connectivity index (χ0n) is 19.8. The number of nitrogens with zero attached hydrogens (tertiary/aromatic N) is 1. The number of rotatable bonds is 10. The average Bonchev–Trinajstić information content (AvgIpc) is 2.82. The van der Waals surface area contributed by atoms with E-state index in [-0.39, 0.29) is 23.6 Å². The summed E-state index contributed by atoms with van der Waals surface area (Å²) >= 11 is 7.44. The molecule has 0 saturated heterocycles. The van der Waals surface area contributed by atoms with Crippen LogP contribution in [0.1, 0.15) is 30.5 Å². The molecule has 0 fully saturated rings. The molecule has 6 heteroatoms. The molecule has 0 spiro atoms. The van der Waals surface area contributed by atoms with Crippen molar-refractivity contribution in [2.45, 2.75) is 50.7 Å². The van der Waals surface area contributed by atoms with E-state index in [2.05, 4.69) is 5.32 Å². The number of carbonyl (C=O) groups is 2. The molecular weight excluding hydrogens is 464 g/mol. The summed E-state index contributed by atoms with van der Waals surface area (Å²) in [5.74, 6) is 0.00800. The first-order chi connectivity index (χ1) is 16.3. The molecule has 3 aromatic rings. The Bertz CT molecular complexity index is 1090. The number of hydrogen-bond donors (Lipinski definition) is 1. The van der Waals surface area contributed by atoms with Gasteiger partial charge in [-0.3, -0.25) is 9.59 Å². The van der Waals surface area contributed by atoms with E-state index in [4.69, 9.17) is 11.6 Å². The van der Waals surface area contributed by atoms with Crippen molar-refractivity contribution in [2.75, 3.05) is 5.75 Å². The van der Waals surface area contributed by atoms with E-state index in [0.29, 0.717) is 18.0 Å². The predicted molar refractivity (Wildman–Crippen MR) is 141 cm³/mol. The van der Waals surface area contributed by atoms with Crippen LogP contribution in [0.4, 0.5) is 0 Å². The van der Waals surface area contributed by atoms with Crippen molar-refractivity contribution in [3.63, 3.8) is 0 Å². The minimum Gasteiger partial charge on any atom is -0.352 e. The van der Waals surface area contributed by atoms with Gasteiger partial charge in [-0.25, -0.2) is 0 Å². The molecule has 0 bridgehead atoms. The average molecular weight is 495 g/mol. The van der Waals surface area contributed by atoms with E-state index in [9.17, 15) is 9.59 Å². The number of nitrogens with one attached hydrogen (secondary N) is 1. The van der Waals surface area contributed by atoms with Crippen LogP contribution in [-0.4, -0.2) is 34.6 Å². The highest BCUT2D eigenvalue weighted by molar-refractivity contribution is 8.00. The van der Waals surface area contributed by atoms with Gasteiger partial charge in [-0.2, -0.15) is 0 Å². The molecule has 1 N–H and O–H groups in total. The second-order valence-electron chi connectivity index (χ2n) is 8.56. The maximum absolute atomic E-state index is 13.6. The number of hydrogen-bond acceptors (Lipinski definition) is 3. The van der Waals surface area contributed by atoms with Crippen molar-refractivity contribution >= 4 is 35.2 Å². The second-order valence-corrected chi connectivity index (χ2v) is 10.0. The zero-order chi connectivity index (χ0) is 24.5. The number of benzene rings is 3. The van der Waals surface area contributed by atoms with Crippen molar-refractivity contribution in [2.24, 2.45) is 0 Å². The van der Waals surface area contributed by atoms with E-state index in [1.165, 1.54) is 11.8 Å². The van der Waals surface area contributed by atoms with Crippen LogP contribution in [0.25, 0.3) is 0 Å². The Kier molecular flexibility index (Phi) is 9.61. The van der Waals surface area contributed by atoms with Crippen molar-refractivity contribution in [3.8, 4) is 0 Å². The Morgan fingerprint density at radius 2 is 1.59 bits per heavy atom. The molecule has 1 atom stereocenters. The summed E-state index contributed by atoms with van der Waals surface area (Å²) in [5.41, 5.74) is 3.13. The molecule has 0 radical (unpaired) electrons. The zero-order valence-corrected chi connectivity index (χ0v) is 21.4. The first-order valence-electron chi connectivity index (χ1n) is 11.4. The minimum absolute atomic E-state index is 0.0235. The highest BCUT2D eigenvalue weighted by Gasteiger charge is 2.31. The monoisotopic (exact) mass is 494 g/mol. The van der Waals surface area contributed by atoms with Gasteiger partial charge in [0.05, 0.1) is 5.75 Å². The number of thioether (sulfide) groups is 1. The van der Waals surface area contributed by atoms with Gasteiger partial charge in [0.15, 0.2) is 0 Å². The Labute approximate surface area is 211 Å². The van der Waals surface area contributed by atoms with Crippen LogP contribution < -0.4 is 5.32 Å². The van der Waals surface area contributed by atoms with Gasteiger partial charge in [-0.05, 0) is 61.7 Å². The second kappa shape index (κ2) is 12.6. The summed E-state index contributed by atoms with van der Waals surface area (Å²) in [6.45, 7) is 6.26. The van der Waals surface area contributed by atoms with Crippen LogP contribution in [0.15, 0.2) is 83.8 Å². The maximum atomic E-state index is 13.6. The fourth-order valence-corrected chi connectivity index (χ4v) is 4.57. The Balaban J connectivity index is 1.91. The minimum atomic E-state index is -0.622. The van der Waals surface area contributed by atoms with Crippen LogP contribution in [0.5, 0.6) is 0 Å². The van der Waals surface area contributed by atoms with Gasteiger partial charge in [0.1, 0.15) is 6.04 Å². The largest absolute Gasteiger partial charge is 0.352 e. The topological polar surface area (TPSA) is 49.4 Å². The van der Waals surface area contributed by atoms with Crippen LogP contribution in [0, 0.1) is 6.92 Å². The molecule has 0 saturated carbocycles. The lowest BCUT2D eigenvalue weighted by atomic mass is 10.0. The molecule has 3 rings (SSSR count). The molecule has 178 valence electrons. The SMILES string of the molecule is Cc1ccccc1CN(C(=O)CSc1ccc(Cl)cc1)C(Cc1ccccc1)C(=O)NC(C)C. The van der Waals surface area contributed by atoms with Gasteiger partial charge in [0, 0.05) is 28.9 Å². The number of halogens is 1. The van der Waals surface area contributed by atoms with Gasteiger partial charge in [0.2, 0.25) is 11.8 Å². The molecule has 4 nitrogen and oxygen atoms in total. The Hall–Kier alpha value is -2.76. The van der Waals surface area contributed by atoms with Crippen LogP contribution >= 0.6 is 23.4 Å². The Morgan fingerprint density at radius 1 is 0.941 bits per heavy atom. The Morgan fingerprint density at radius 3 is 2.24 bits per heavy atom. The molecule has 0 aliphatic carbocycles. The lowest BCUT2D eigenvalue weighted by molar-refractivity contribution is -0.139. The fraction of sp³-hybridized carbons (Fsp3) is 0.286. The molecule has 3 aromatic carbocycles. The number of amides is 2. The van der Waals surface area contributed by atoms with Gasteiger partial charge in [-0.1, -0.05) is 66.2 Å². The van der Waals surface area contributed by atoms with Crippen LogP contribution in [0.3, 0.4) is 0 Å². The number of carbonyl (C=O) groups excluding carboxylic acids is 2. The fourth-order valence-electron chi connectivity index (χ4n) is 3.66. The van der Waals surface area contributed by atoms with Crippen molar-refractivity contribution in [1.29, 1.82) is 0 Å². The summed E-state index contributed by atoms with van der Waals surface area (Å²) in [4.78, 5) is 29.7. The van der Waals surface area contributed by atoms with Crippen LogP contribution in [0.2, 0.25) is 5.02 Å². The third kappa shape index (κ3) is 7.64. The van der Waals surface area contributed by atoms with Crippen molar-refractivity contribution < 1.29 is 9.59 Å². The summed E-state index contributed by atoms with van der Waals surface area (Å²) < 4.78 is 0. The molecule has 0 aliphatic rings. The lowest BCUT2D eigenvalue weighted by Crippen LogP contribution is -2.52. The molecular formula is C28H31ClN2O2S. The van der Waals surface area contributed by atoms with E-state index < -0.39 is 6.04 Å². The van der Waals surface area contributed by atoms with Gasteiger partial charge >= 0.3 is 0 Å². The predicted octanol–water partition coefficient (Wildman–Crippen LogP) is 5.91. The summed E-state index contributed by atoms with van der Waals surface area (Å²) in [6.07, 6.45) is 0.447. The normalized spacial score (nSPS) is 11.8. The lowest BCUT2D eigenvalue weighted by Gasteiger charge is -2.32. The van der Waals surface area contributed by atoms with Gasteiger partial charge < -0.3 is 10.2 Å². The van der Waals surface area contributed by atoms with Crippen molar-refractivity contribution in [1.82, 2.24) is 10.2 Å². The first-order valence-corrected chi connectivity index (χ1v) is 12.8. The van der Waals surface area contributed by atoms with Crippen molar-refractivity contribution in [3.05, 3.63) is 101 Å². The highest BCUT2D eigenvalue weighted by atomic mass is 35.5. The smallest absolute Gasteiger partial charge is 0.243 e. The molecule has 2 amide bonds. The van der Waals surface area contributed by atoms with E-state index in [1.54, 1.807) is 4.90 Å². The molecule has 1 unspecified atom stereocenters. The maximum Gasteiger partial charge on any atom is 0.243 e. The molecule has 0 aromatic heterocycles. The van der Waals surface area contributed by atoms with Gasteiger partial charge in [-0.15, -0.1) is 11.8 Å². The third-order valence-corrected chi connectivity index (χ3v) is 6.73. The highest BCUT2D eigenvalue weighted by Crippen LogP contribution is 2.23. The van der Waals surface area contributed by atoms with Gasteiger partial charge in [0.25, 0.3) is 0 Å². The van der Waals surface area contributed by atoms with Crippen LogP contribution in [-0.2, 0) is 22.6 Å². The van der Waals surface area contributed by atoms with E-state index in [1.807, 2.05) is 99.6 Å². The van der Waals surface area contributed by atoms with E-state index >= 15 is 0 Å². The first kappa shape index (κ1) is 25.9. The summed E-state index contributed by atoms with van der Waals surface area (Å²) in [5, 5.41) is 3.68. The standard InChI is InChI=1S/C28H31ClN2O2S/c1-20(2)30-28(33)26(17-22-10-5-4-6-11-22)31(18-23-12-8-7-9-21(23)3)27(32)19-34-25-15-13-24(29)14-16-25/h4-16,20,26H,17-19H2,1-3H3,(H,30,33). The molecule has 0 aliphatic heterocycles. The molecule has 34 heavy (non-hydrogen) atoms. The van der Waals surface area contributed by atoms with E-state index in [0.717, 1.165) is 21.6 Å². The third-order valence-electron chi connectivity index (χ3n) is 5.48. The quantitative estimate of drug-likeness (QED) is 0.357. The summed E-state index contributed by atoms with van der Waals surface area (Å²) in [7, 11) is 0. The number of aryl methyl sites for hydroxylation is 1.